The second kappa shape index (κ2) is 5.35. The summed E-state index contributed by atoms with van der Waals surface area (Å²) in [6, 6.07) is 1.17. The first-order chi connectivity index (χ1) is 7.85. The van der Waals surface area contributed by atoms with Crippen LogP contribution in [0.15, 0.2) is 18.5 Å². The molecule has 1 N–H and O–H groups in total. The van der Waals surface area contributed by atoms with Crippen molar-refractivity contribution in [2.24, 2.45) is 0 Å². The molecule has 0 aliphatic carbocycles. The SMILES string of the molecule is CC(C)N(CC(F)(F)F)c1ccncc1CO. The van der Waals surface area contributed by atoms with Crippen LogP contribution in [0, 0.1) is 0 Å². The van der Waals surface area contributed by atoms with Crippen LogP contribution in [0.1, 0.15) is 19.4 Å². The van der Waals surface area contributed by atoms with Crippen LogP contribution in [0.4, 0.5) is 18.9 Å². The first-order valence-electron chi connectivity index (χ1n) is 5.22. The second-order valence-corrected chi connectivity index (χ2v) is 4.00. The molecule has 0 saturated carbocycles. The first kappa shape index (κ1) is 13.8. The molecule has 1 aromatic heterocycles. The molecule has 6 heteroatoms. The lowest BCUT2D eigenvalue weighted by Gasteiger charge is -2.31. The fraction of sp³-hybridized carbons (Fsp3) is 0.545. The van der Waals surface area contributed by atoms with Crippen molar-refractivity contribution < 1.29 is 18.3 Å². The Bertz CT molecular complexity index is 366. The van der Waals surface area contributed by atoms with E-state index in [1.807, 2.05) is 0 Å². The maximum atomic E-state index is 12.5. The molecule has 0 fully saturated rings. The van der Waals surface area contributed by atoms with Crippen LogP contribution in [0.25, 0.3) is 0 Å². The van der Waals surface area contributed by atoms with Crippen LogP contribution in [0.5, 0.6) is 0 Å². The summed E-state index contributed by atoms with van der Waals surface area (Å²) >= 11 is 0. The van der Waals surface area contributed by atoms with E-state index in [9.17, 15) is 13.2 Å². The van der Waals surface area contributed by atoms with Gasteiger partial charge in [0.15, 0.2) is 0 Å². The van der Waals surface area contributed by atoms with Crippen LogP contribution < -0.4 is 4.90 Å². The molecule has 0 amide bonds. The maximum absolute atomic E-state index is 12.5. The molecule has 1 rings (SSSR count). The van der Waals surface area contributed by atoms with Crippen molar-refractivity contribution in [2.45, 2.75) is 32.7 Å². The fourth-order valence-corrected chi connectivity index (χ4v) is 1.56. The predicted molar refractivity (Wildman–Crippen MR) is 58.7 cm³/mol. The van der Waals surface area contributed by atoms with Gasteiger partial charge in [-0.05, 0) is 19.9 Å². The van der Waals surface area contributed by atoms with Crippen LogP contribution in [-0.4, -0.2) is 28.9 Å². The average molecular weight is 248 g/mol. The molecular formula is C11H15F3N2O. The average Bonchev–Trinajstić information content (AvgIpc) is 2.24. The van der Waals surface area contributed by atoms with Gasteiger partial charge < -0.3 is 10.0 Å². The van der Waals surface area contributed by atoms with Crippen LogP contribution >= 0.6 is 0 Å². The summed E-state index contributed by atoms with van der Waals surface area (Å²) in [5.74, 6) is 0. The van der Waals surface area contributed by atoms with Gasteiger partial charge in [0.2, 0.25) is 0 Å². The molecule has 0 aliphatic rings. The molecule has 0 aliphatic heterocycles. The molecule has 0 atom stereocenters. The number of aromatic nitrogens is 1. The Morgan fingerprint density at radius 2 is 2.06 bits per heavy atom. The van der Waals surface area contributed by atoms with Gasteiger partial charge in [-0.15, -0.1) is 0 Å². The minimum Gasteiger partial charge on any atom is -0.392 e. The Morgan fingerprint density at radius 3 is 2.53 bits per heavy atom. The summed E-state index contributed by atoms with van der Waals surface area (Å²) in [7, 11) is 0. The smallest absolute Gasteiger partial charge is 0.392 e. The Hall–Kier alpha value is -1.30. The summed E-state index contributed by atoms with van der Waals surface area (Å²) in [6.07, 6.45) is -1.48. The number of pyridine rings is 1. The Balaban J connectivity index is 3.05. The van der Waals surface area contributed by atoms with E-state index < -0.39 is 12.7 Å². The summed E-state index contributed by atoms with van der Waals surface area (Å²) in [5.41, 5.74) is 0.764. The van der Waals surface area contributed by atoms with E-state index in [4.69, 9.17) is 5.11 Å². The molecule has 0 aromatic carbocycles. The van der Waals surface area contributed by atoms with E-state index in [0.29, 0.717) is 11.3 Å². The van der Waals surface area contributed by atoms with Gasteiger partial charge in [0.05, 0.1) is 6.61 Å². The minimum atomic E-state index is -4.28. The van der Waals surface area contributed by atoms with E-state index in [1.165, 1.54) is 23.4 Å². The number of halogens is 3. The summed E-state index contributed by atoms with van der Waals surface area (Å²) < 4.78 is 37.4. The number of rotatable bonds is 4. The number of aliphatic hydroxyl groups is 1. The Kier molecular flexibility index (Phi) is 4.34. The standard InChI is InChI=1S/C11H15F3N2O/c1-8(2)16(7-11(12,13)14)10-3-4-15-5-9(10)6-17/h3-5,8,17H,6-7H2,1-2H3. The van der Waals surface area contributed by atoms with Crippen LogP contribution in [0.3, 0.4) is 0 Å². The van der Waals surface area contributed by atoms with Gasteiger partial charge >= 0.3 is 6.18 Å². The highest BCUT2D eigenvalue weighted by atomic mass is 19.4. The monoisotopic (exact) mass is 248 g/mol. The summed E-state index contributed by atoms with van der Waals surface area (Å²) in [4.78, 5) is 4.99. The number of anilines is 1. The zero-order valence-corrected chi connectivity index (χ0v) is 9.70. The molecule has 0 spiro atoms. The van der Waals surface area contributed by atoms with Gasteiger partial charge in [0, 0.05) is 29.7 Å². The van der Waals surface area contributed by atoms with Crippen LogP contribution in [-0.2, 0) is 6.61 Å². The molecule has 0 radical (unpaired) electrons. The van der Waals surface area contributed by atoms with Crippen LogP contribution in [0.2, 0.25) is 0 Å². The van der Waals surface area contributed by atoms with E-state index in [0.717, 1.165) is 0 Å². The first-order valence-corrected chi connectivity index (χ1v) is 5.22. The van der Waals surface area contributed by atoms with Gasteiger partial charge in [-0.2, -0.15) is 13.2 Å². The highest BCUT2D eigenvalue weighted by Gasteiger charge is 2.32. The lowest BCUT2D eigenvalue weighted by molar-refractivity contribution is -0.120. The zero-order chi connectivity index (χ0) is 13.1. The molecule has 96 valence electrons. The molecule has 1 heterocycles. The Morgan fingerprint density at radius 1 is 1.41 bits per heavy atom. The van der Waals surface area contributed by atoms with Crippen molar-refractivity contribution in [3.05, 3.63) is 24.0 Å². The molecule has 3 nitrogen and oxygen atoms in total. The predicted octanol–water partition coefficient (Wildman–Crippen LogP) is 2.35. The van der Waals surface area contributed by atoms with E-state index in [1.54, 1.807) is 13.8 Å². The van der Waals surface area contributed by atoms with Crippen molar-refractivity contribution >= 4 is 5.69 Å². The minimum absolute atomic E-state index is 0.315. The normalized spacial score (nSPS) is 11.9. The number of aliphatic hydroxyl groups excluding tert-OH is 1. The van der Waals surface area contributed by atoms with Gasteiger partial charge in [-0.1, -0.05) is 0 Å². The third-order valence-corrected chi connectivity index (χ3v) is 2.33. The lowest BCUT2D eigenvalue weighted by atomic mass is 10.2. The van der Waals surface area contributed by atoms with Crippen molar-refractivity contribution in [3.63, 3.8) is 0 Å². The molecule has 0 unspecified atom stereocenters. The molecule has 1 aromatic rings. The fourth-order valence-electron chi connectivity index (χ4n) is 1.56. The van der Waals surface area contributed by atoms with Gasteiger partial charge in [-0.25, -0.2) is 0 Å². The largest absolute Gasteiger partial charge is 0.405 e. The summed E-state index contributed by atoms with van der Waals surface area (Å²) in [5, 5.41) is 9.10. The maximum Gasteiger partial charge on any atom is 0.405 e. The van der Waals surface area contributed by atoms with Gasteiger partial charge in [0.1, 0.15) is 6.54 Å². The summed E-state index contributed by atoms with van der Waals surface area (Å²) in [6.45, 7) is 1.98. The Labute approximate surface area is 97.9 Å². The molecule has 0 bridgehead atoms. The molecule has 0 saturated heterocycles. The van der Waals surface area contributed by atoms with E-state index in [2.05, 4.69) is 4.98 Å². The quantitative estimate of drug-likeness (QED) is 0.888. The highest BCUT2D eigenvalue weighted by molar-refractivity contribution is 5.52. The number of hydrogen-bond acceptors (Lipinski definition) is 3. The van der Waals surface area contributed by atoms with Crippen molar-refractivity contribution in [2.75, 3.05) is 11.4 Å². The number of nitrogens with zero attached hydrogens (tertiary/aromatic N) is 2. The van der Waals surface area contributed by atoms with Crippen molar-refractivity contribution in [1.82, 2.24) is 4.98 Å². The van der Waals surface area contributed by atoms with Gasteiger partial charge in [0.25, 0.3) is 0 Å². The number of hydrogen-bond donors (Lipinski definition) is 1. The van der Waals surface area contributed by atoms with E-state index in [-0.39, 0.29) is 12.6 Å². The van der Waals surface area contributed by atoms with Crippen molar-refractivity contribution in [3.8, 4) is 0 Å². The van der Waals surface area contributed by atoms with E-state index >= 15 is 0 Å². The zero-order valence-electron chi connectivity index (χ0n) is 9.70. The van der Waals surface area contributed by atoms with Crippen molar-refractivity contribution in [1.29, 1.82) is 0 Å². The third kappa shape index (κ3) is 3.89. The topological polar surface area (TPSA) is 36.4 Å². The lowest BCUT2D eigenvalue weighted by Crippen LogP contribution is -2.39. The second-order valence-electron chi connectivity index (χ2n) is 4.00. The number of alkyl halides is 3. The molecular weight excluding hydrogens is 233 g/mol. The highest BCUT2D eigenvalue weighted by Crippen LogP contribution is 2.26. The molecule has 17 heavy (non-hydrogen) atoms. The van der Waals surface area contributed by atoms with Gasteiger partial charge in [-0.3, -0.25) is 4.98 Å². The third-order valence-electron chi connectivity index (χ3n) is 2.33.